The molecule has 14 rings (SSSR count). The van der Waals surface area contributed by atoms with Crippen LogP contribution >= 0.6 is 22.6 Å². The van der Waals surface area contributed by atoms with E-state index in [0.29, 0.717) is 0 Å². The number of carbonyl (C=O) groups is 4. The maximum atomic E-state index is 14.0. The normalized spacial score (nSPS) is 21.3. The van der Waals surface area contributed by atoms with E-state index < -0.39 is 5.41 Å². The molecular weight excluding hydrogens is 1060 g/mol. The first-order valence-electron chi connectivity index (χ1n) is 26.2. The highest BCUT2D eigenvalue weighted by Crippen LogP contribution is 2.61. The molecule has 4 saturated carbocycles. The predicted molar refractivity (Wildman–Crippen MR) is 297 cm³/mol. The molecule has 4 atom stereocenters. The summed E-state index contributed by atoms with van der Waals surface area (Å²) < 4.78 is 31.6. The van der Waals surface area contributed by atoms with E-state index in [9.17, 15) is 28.0 Å². The number of anilines is 1. The molecule has 2 saturated heterocycles. The molecule has 6 aliphatic rings. The number of aromatic nitrogens is 2. The second-order valence-corrected chi connectivity index (χ2v) is 21.7. The van der Waals surface area contributed by atoms with E-state index in [1.807, 2.05) is 121 Å². The molecule has 10 nitrogen and oxygen atoms in total. The van der Waals surface area contributed by atoms with E-state index >= 15 is 0 Å². The third-order valence-corrected chi connectivity index (χ3v) is 16.4. The lowest BCUT2D eigenvalue weighted by Gasteiger charge is -2.29. The van der Waals surface area contributed by atoms with Crippen LogP contribution in [0, 0.1) is 37.9 Å². The van der Waals surface area contributed by atoms with Crippen LogP contribution in [-0.4, -0.2) is 44.8 Å². The number of rotatable bonds is 9. The minimum absolute atomic E-state index is 0.0775. The first-order valence-corrected chi connectivity index (χ1v) is 27.3. The van der Waals surface area contributed by atoms with Gasteiger partial charge in [-0.2, -0.15) is 0 Å². The second-order valence-electron chi connectivity index (χ2n) is 20.5. The Morgan fingerprint density at radius 1 is 0.560 bits per heavy atom. The number of fused-ring (bicyclic) bond motifs is 2. The van der Waals surface area contributed by atoms with Crippen LogP contribution in [0.1, 0.15) is 88.4 Å². The van der Waals surface area contributed by atoms with E-state index in [-0.39, 0.29) is 76.7 Å². The largest absolute Gasteiger partial charge is 0.350 e. The summed E-state index contributed by atoms with van der Waals surface area (Å²) >= 11 is 2.30. The molecule has 2 aliphatic heterocycles. The zero-order valence-electron chi connectivity index (χ0n) is 41.9. The average Bonchev–Trinajstić information content (AvgIpc) is 4.27. The van der Waals surface area contributed by atoms with E-state index in [0.717, 1.165) is 96.0 Å². The second kappa shape index (κ2) is 20.5. The van der Waals surface area contributed by atoms with Crippen molar-refractivity contribution in [2.75, 3.05) is 4.90 Å². The lowest BCUT2D eigenvalue weighted by molar-refractivity contribution is -0.126. The summed E-state index contributed by atoms with van der Waals surface area (Å²) in [5.41, 5.74) is 6.02. The molecule has 8 aromatic rings. The van der Waals surface area contributed by atoms with Gasteiger partial charge in [-0.1, -0.05) is 74.5 Å². The molecule has 382 valence electrons. The van der Waals surface area contributed by atoms with Crippen molar-refractivity contribution in [1.29, 1.82) is 0 Å². The Morgan fingerprint density at radius 2 is 1.03 bits per heavy atom. The Labute approximate surface area is 449 Å². The van der Waals surface area contributed by atoms with Gasteiger partial charge in [-0.15, -0.1) is 0 Å². The highest BCUT2D eigenvalue weighted by molar-refractivity contribution is 14.1. The molecule has 0 bridgehead atoms. The number of hydrogen-bond acceptors (Lipinski definition) is 4. The fourth-order valence-electron chi connectivity index (χ4n) is 11.0. The maximum absolute atomic E-state index is 14.0. The van der Waals surface area contributed by atoms with Gasteiger partial charge in [0.05, 0.1) is 46.0 Å². The number of amides is 4. The highest BCUT2D eigenvalue weighted by atomic mass is 127. The fourth-order valence-corrected chi connectivity index (χ4v) is 11.6. The molecule has 4 amide bonds. The van der Waals surface area contributed by atoms with Crippen LogP contribution in [0.5, 0.6) is 0 Å². The molecule has 3 N–H and O–H groups in total. The zero-order chi connectivity index (χ0) is 52.0. The first kappa shape index (κ1) is 50.0. The Morgan fingerprint density at radius 3 is 1.53 bits per heavy atom. The summed E-state index contributed by atoms with van der Waals surface area (Å²) in [6.07, 6.45) is 11.2. The van der Waals surface area contributed by atoms with Gasteiger partial charge in [-0.3, -0.25) is 19.2 Å². The van der Waals surface area contributed by atoms with Gasteiger partial charge in [0.2, 0.25) is 23.6 Å². The number of hydrogen-bond donors (Lipinski definition) is 3. The average molecular weight is 1120 g/mol. The van der Waals surface area contributed by atoms with Gasteiger partial charge in [-0.05, 0) is 182 Å². The molecule has 4 aliphatic carbocycles. The van der Waals surface area contributed by atoms with Crippen molar-refractivity contribution in [2.24, 2.45) is 22.7 Å². The monoisotopic (exact) mass is 1120 g/mol. The van der Waals surface area contributed by atoms with Crippen LogP contribution in [0.15, 0.2) is 170 Å². The van der Waals surface area contributed by atoms with Crippen molar-refractivity contribution in [1.82, 2.24) is 25.1 Å². The van der Waals surface area contributed by atoms with E-state index in [1.54, 1.807) is 24.3 Å². The Balaban J connectivity index is 0.000000130. The van der Waals surface area contributed by atoms with Crippen LogP contribution in [0.4, 0.5) is 14.5 Å². The molecule has 6 aromatic carbocycles. The molecule has 4 heterocycles. The molecule has 0 unspecified atom stereocenters. The summed E-state index contributed by atoms with van der Waals surface area (Å²) in [6, 6.07) is 48.6. The molecule has 13 heteroatoms. The minimum Gasteiger partial charge on any atom is -0.350 e. The Hall–Kier alpha value is -7.13. The molecule has 6 fully saturated rings. The van der Waals surface area contributed by atoms with Gasteiger partial charge in [0.1, 0.15) is 11.6 Å². The lowest BCUT2D eigenvalue weighted by Crippen LogP contribution is -2.44. The zero-order valence-corrected chi connectivity index (χ0v) is 44.1. The highest BCUT2D eigenvalue weighted by Gasteiger charge is 2.67. The Bertz CT molecular complexity index is 3400. The molecule has 2 aromatic heterocycles. The number of nitrogens with zero attached hydrogens (tertiary/aromatic N) is 3. The number of halogens is 3. The van der Waals surface area contributed by atoms with Crippen molar-refractivity contribution < 1.29 is 28.0 Å². The van der Waals surface area contributed by atoms with Gasteiger partial charge in [0.25, 0.3) is 0 Å². The SMILES string of the molecule is CC.Fc1ccc(-n2ccc3cc(I)ccc32)cc1.O=C(N[C@@H]1[C@@H](c2ccccc2)N(c2ccc3c(ccn3-c3ccc(F)cc3)c2)C(=O)C12CC2)C1CC1.O=C(N[C@@H]1[C@@H](c2ccccc2)NC(=O)C12CC2)C1CC1. The fraction of sp³-hybridized carbons (Fsp3) is 0.290. The van der Waals surface area contributed by atoms with Crippen LogP contribution in [0.25, 0.3) is 33.2 Å². The number of carbonyl (C=O) groups excluding carboxylic acids is 4. The van der Waals surface area contributed by atoms with Crippen LogP contribution in [-0.2, 0) is 19.2 Å². The van der Waals surface area contributed by atoms with Crippen molar-refractivity contribution in [3.63, 3.8) is 0 Å². The third-order valence-electron chi connectivity index (χ3n) is 15.7. The van der Waals surface area contributed by atoms with Gasteiger partial charge in [0.15, 0.2) is 0 Å². The predicted octanol–water partition coefficient (Wildman–Crippen LogP) is 12.5. The van der Waals surface area contributed by atoms with Gasteiger partial charge < -0.3 is 30.0 Å². The molecule has 0 radical (unpaired) electrons. The minimum atomic E-state index is -0.528. The van der Waals surface area contributed by atoms with Gasteiger partial charge >= 0.3 is 0 Å². The van der Waals surface area contributed by atoms with Crippen molar-refractivity contribution in [3.05, 3.63) is 196 Å². The summed E-state index contributed by atoms with van der Waals surface area (Å²) in [5.74, 6) is 0.186. The summed E-state index contributed by atoms with van der Waals surface area (Å²) in [7, 11) is 0. The standard InChI is InChI=1S/C30H26FN3O2.C16H18N2O2.C14H9FIN.C2H6/c31-22-8-10-23(11-9-22)33-17-14-21-18-24(12-13-25(21)33)34-26(19-4-2-1-3-5-19)27(30(15-16-30)29(34)36)32-28(35)20-6-7-20;19-14(11-6-7-11)18-13-12(10-4-2-1-3-5-10)17-15(20)16(13)8-9-16;15-11-1-4-13(5-2-11)17-8-7-10-9-12(16)3-6-14(10)17;1-2/h1-5,8-14,17-18,20,26-27H,6-7,15-16H2,(H,32,35);1-5,11-13H,6-9H2,(H,17,20)(H,18,19);1-9H;1-2H3/t26-,27-;12-,13-;;/m11../s1. The summed E-state index contributed by atoms with van der Waals surface area (Å²) in [4.78, 5) is 53.1. The van der Waals surface area contributed by atoms with Crippen LogP contribution in [0.2, 0.25) is 0 Å². The summed E-state index contributed by atoms with van der Waals surface area (Å²) in [5, 5.41) is 11.7. The molecule has 2 spiro atoms. The van der Waals surface area contributed by atoms with E-state index in [1.165, 1.54) is 33.2 Å². The third kappa shape index (κ3) is 9.87. The van der Waals surface area contributed by atoms with Crippen molar-refractivity contribution in [3.8, 4) is 11.4 Å². The van der Waals surface area contributed by atoms with E-state index in [4.69, 9.17) is 0 Å². The Kier molecular flexibility index (Phi) is 13.7. The van der Waals surface area contributed by atoms with Crippen molar-refractivity contribution in [2.45, 2.75) is 89.4 Å². The number of benzene rings is 6. The van der Waals surface area contributed by atoms with Crippen LogP contribution < -0.4 is 20.9 Å². The maximum Gasteiger partial charge on any atom is 0.236 e. The molecular formula is C62H59F2IN6O4. The lowest BCUT2D eigenvalue weighted by atomic mass is 9.91. The van der Waals surface area contributed by atoms with Crippen LogP contribution in [0.3, 0.4) is 0 Å². The van der Waals surface area contributed by atoms with Crippen molar-refractivity contribution >= 4 is 73.7 Å². The van der Waals surface area contributed by atoms with Gasteiger partial charge in [0, 0.05) is 55.6 Å². The number of nitrogens with one attached hydrogen (secondary N) is 3. The molecule has 75 heavy (non-hydrogen) atoms. The van der Waals surface area contributed by atoms with E-state index in [2.05, 4.69) is 67.4 Å². The van der Waals surface area contributed by atoms with Gasteiger partial charge in [-0.25, -0.2) is 8.78 Å². The quantitative estimate of drug-likeness (QED) is 0.125. The topological polar surface area (TPSA) is 117 Å². The first-order chi connectivity index (χ1) is 36.5. The smallest absolute Gasteiger partial charge is 0.236 e. The summed E-state index contributed by atoms with van der Waals surface area (Å²) in [6.45, 7) is 4.00.